The minimum Gasteiger partial charge on any atom is -0.479 e. The van der Waals surface area contributed by atoms with E-state index in [1.165, 1.54) is 12.7 Å². The minimum absolute atomic E-state index is 0.375. The van der Waals surface area contributed by atoms with E-state index in [2.05, 4.69) is 16.9 Å². The molecule has 0 aliphatic rings. The molecule has 104 valence electrons. The Kier molecular flexibility index (Phi) is 4.77. The first-order valence-electron chi connectivity index (χ1n) is 6.57. The summed E-state index contributed by atoms with van der Waals surface area (Å²) in [4.78, 5) is 11.4. The number of carbonyl (C=O) groups is 1. The summed E-state index contributed by atoms with van der Waals surface area (Å²) >= 11 is 0. The zero-order valence-corrected chi connectivity index (χ0v) is 11.7. The summed E-state index contributed by atoms with van der Waals surface area (Å²) in [7, 11) is 1.36. The minimum atomic E-state index is -0.614. The Morgan fingerprint density at radius 1 is 1.05 bits per heavy atom. The van der Waals surface area contributed by atoms with E-state index in [9.17, 15) is 4.79 Å². The van der Waals surface area contributed by atoms with Crippen LogP contribution >= 0.6 is 0 Å². The first-order chi connectivity index (χ1) is 9.70. The van der Waals surface area contributed by atoms with Gasteiger partial charge in [0.15, 0.2) is 6.10 Å². The molecule has 0 radical (unpaired) electrons. The number of hydrogen-bond donors (Lipinski definition) is 0. The van der Waals surface area contributed by atoms with Crippen LogP contribution in [0, 0.1) is 0 Å². The molecule has 0 saturated heterocycles. The standard InChI is InChI=1S/C17H18O3/c1-13(17(18)19-2)20-16-11-7-6-10-15(16)12-14-8-4-3-5-9-14/h3-11,13H,12H2,1-2H3/t13-/m1/s1. The Morgan fingerprint density at radius 3 is 2.40 bits per heavy atom. The van der Waals surface area contributed by atoms with Gasteiger partial charge in [-0.3, -0.25) is 0 Å². The summed E-state index contributed by atoms with van der Waals surface area (Å²) < 4.78 is 10.4. The molecule has 0 spiro atoms. The number of hydrogen-bond acceptors (Lipinski definition) is 3. The van der Waals surface area contributed by atoms with Gasteiger partial charge in [0.25, 0.3) is 0 Å². The van der Waals surface area contributed by atoms with Gasteiger partial charge in [0.05, 0.1) is 7.11 Å². The zero-order valence-electron chi connectivity index (χ0n) is 11.7. The lowest BCUT2D eigenvalue weighted by Gasteiger charge is -2.15. The van der Waals surface area contributed by atoms with E-state index in [4.69, 9.17) is 4.74 Å². The summed E-state index contributed by atoms with van der Waals surface area (Å²) in [5, 5.41) is 0. The molecule has 0 amide bonds. The van der Waals surface area contributed by atoms with E-state index in [1.54, 1.807) is 6.92 Å². The summed E-state index contributed by atoms with van der Waals surface area (Å²) in [6, 6.07) is 17.9. The Labute approximate surface area is 119 Å². The van der Waals surface area contributed by atoms with Crippen molar-refractivity contribution in [1.82, 2.24) is 0 Å². The van der Waals surface area contributed by atoms with Gasteiger partial charge in [-0.2, -0.15) is 0 Å². The number of esters is 1. The van der Waals surface area contributed by atoms with E-state index < -0.39 is 6.10 Å². The van der Waals surface area contributed by atoms with Crippen LogP contribution in [0.25, 0.3) is 0 Å². The highest BCUT2D eigenvalue weighted by Gasteiger charge is 2.16. The summed E-state index contributed by atoms with van der Waals surface area (Å²) in [5.41, 5.74) is 2.25. The topological polar surface area (TPSA) is 35.5 Å². The van der Waals surface area contributed by atoms with Crippen molar-refractivity contribution in [2.24, 2.45) is 0 Å². The van der Waals surface area contributed by atoms with Gasteiger partial charge in [0.2, 0.25) is 0 Å². The predicted octanol–water partition coefficient (Wildman–Crippen LogP) is 3.22. The second kappa shape index (κ2) is 6.75. The van der Waals surface area contributed by atoms with Crippen molar-refractivity contribution in [3.05, 3.63) is 65.7 Å². The fourth-order valence-corrected chi connectivity index (χ4v) is 1.99. The van der Waals surface area contributed by atoms with Gasteiger partial charge in [0.1, 0.15) is 5.75 Å². The number of benzene rings is 2. The average molecular weight is 270 g/mol. The van der Waals surface area contributed by atoms with Crippen LogP contribution in [-0.2, 0) is 16.0 Å². The summed E-state index contributed by atoms with van der Waals surface area (Å²) in [5.74, 6) is 0.341. The quantitative estimate of drug-likeness (QED) is 0.783. The normalized spacial score (nSPS) is 11.7. The maximum atomic E-state index is 11.4. The molecule has 0 fully saturated rings. The van der Waals surface area contributed by atoms with Crippen molar-refractivity contribution < 1.29 is 14.3 Å². The van der Waals surface area contributed by atoms with Crippen LogP contribution < -0.4 is 4.74 Å². The number of para-hydroxylation sites is 1. The SMILES string of the molecule is COC(=O)[C@@H](C)Oc1ccccc1Cc1ccccc1. The molecule has 2 aromatic rings. The molecule has 2 aromatic carbocycles. The highest BCUT2D eigenvalue weighted by Crippen LogP contribution is 2.22. The van der Waals surface area contributed by atoms with Gasteiger partial charge in [-0.25, -0.2) is 4.79 Å². The summed E-state index contributed by atoms with van der Waals surface area (Å²) in [6.45, 7) is 1.69. The van der Waals surface area contributed by atoms with E-state index in [0.29, 0.717) is 5.75 Å². The van der Waals surface area contributed by atoms with Gasteiger partial charge in [-0.1, -0.05) is 48.5 Å². The smallest absolute Gasteiger partial charge is 0.346 e. The van der Waals surface area contributed by atoms with Crippen molar-refractivity contribution in [2.45, 2.75) is 19.4 Å². The third kappa shape index (κ3) is 3.60. The molecule has 20 heavy (non-hydrogen) atoms. The Morgan fingerprint density at radius 2 is 1.70 bits per heavy atom. The van der Waals surface area contributed by atoms with Gasteiger partial charge in [0, 0.05) is 6.42 Å². The highest BCUT2D eigenvalue weighted by atomic mass is 16.6. The van der Waals surface area contributed by atoms with Crippen LogP contribution in [-0.4, -0.2) is 19.2 Å². The van der Waals surface area contributed by atoms with E-state index in [-0.39, 0.29) is 5.97 Å². The number of ether oxygens (including phenoxy) is 2. The van der Waals surface area contributed by atoms with Crippen LogP contribution in [0.1, 0.15) is 18.1 Å². The van der Waals surface area contributed by atoms with E-state index >= 15 is 0 Å². The Balaban J connectivity index is 2.16. The maximum Gasteiger partial charge on any atom is 0.346 e. The van der Waals surface area contributed by atoms with Crippen LogP contribution in [0.4, 0.5) is 0 Å². The molecule has 0 aliphatic heterocycles. The van der Waals surface area contributed by atoms with Gasteiger partial charge in [-0.15, -0.1) is 0 Å². The molecule has 0 N–H and O–H groups in total. The first-order valence-corrected chi connectivity index (χ1v) is 6.57. The molecule has 0 bridgehead atoms. The molecular formula is C17H18O3. The fourth-order valence-electron chi connectivity index (χ4n) is 1.99. The second-order valence-electron chi connectivity index (χ2n) is 4.55. The van der Waals surface area contributed by atoms with Crippen LogP contribution in [0.5, 0.6) is 5.75 Å². The second-order valence-corrected chi connectivity index (χ2v) is 4.55. The number of carbonyl (C=O) groups excluding carboxylic acids is 1. The average Bonchev–Trinajstić information content (AvgIpc) is 2.49. The third-order valence-electron chi connectivity index (χ3n) is 3.05. The van der Waals surface area contributed by atoms with Crippen molar-refractivity contribution in [3.8, 4) is 5.75 Å². The van der Waals surface area contributed by atoms with Gasteiger partial charge >= 0.3 is 5.97 Å². The molecule has 0 heterocycles. The van der Waals surface area contributed by atoms with Crippen LogP contribution in [0.2, 0.25) is 0 Å². The molecule has 0 aromatic heterocycles. The largest absolute Gasteiger partial charge is 0.479 e. The number of rotatable bonds is 5. The van der Waals surface area contributed by atoms with Crippen molar-refractivity contribution >= 4 is 5.97 Å². The molecular weight excluding hydrogens is 252 g/mol. The lowest BCUT2D eigenvalue weighted by Crippen LogP contribution is -2.25. The molecule has 0 aliphatic carbocycles. The molecule has 0 unspecified atom stereocenters. The van der Waals surface area contributed by atoms with Crippen molar-refractivity contribution in [2.75, 3.05) is 7.11 Å². The van der Waals surface area contributed by atoms with Gasteiger partial charge < -0.3 is 9.47 Å². The Bertz CT molecular complexity index is 563. The molecule has 3 nitrogen and oxygen atoms in total. The van der Waals surface area contributed by atoms with Crippen molar-refractivity contribution in [1.29, 1.82) is 0 Å². The molecule has 0 saturated carbocycles. The maximum absolute atomic E-state index is 11.4. The van der Waals surface area contributed by atoms with Gasteiger partial charge in [-0.05, 0) is 24.1 Å². The monoisotopic (exact) mass is 270 g/mol. The highest BCUT2D eigenvalue weighted by molar-refractivity contribution is 5.74. The lowest BCUT2D eigenvalue weighted by atomic mass is 10.0. The summed E-state index contributed by atoms with van der Waals surface area (Å²) in [6.07, 6.45) is 0.155. The number of methoxy groups -OCH3 is 1. The fraction of sp³-hybridized carbons (Fsp3) is 0.235. The zero-order chi connectivity index (χ0) is 14.4. The Hall–Kier alpha value is -2.29. The molecule has 2 rings (SSSR count). The predicted molar refractivity (Wildman–Crippen MR) is 77.8 cm³/mol. The first kappa shape index (κ1) is 14.1. The molecule has 1 atom stereocenters. The lowest BCUT2D eigenvalue weighted by molar-refractivity contribution is -0.147. The molecule has 3 heteroatoms. The van der Waals surface area contributed by atoms with Crippen molar-refractivity contribution in [3.63, 3.8) is 0 Å². The van der Waals surface area contributed by atoms with Crippen LogP contribution in [0.3, 0.4) is 0 Å². The van der Waals surface area contributed by atoms with E-state index in [0.717, 1.165) is 12.0 Å². The van der Waals surface area contributed by atoms with Crippen LogP contribution in [0.15, 0.2) is 54.6 Å². The third-order valence-corrected chi connectivity index (χ3v) is 3.05. The van der Waals surface area contributed by atoms with E-state index in [1.807, 2.05) is 42.5 Å².